The molecule has 2 aliphatic rings. The van der Waals surface area contributed by atoms with E-state index < -0.39 is 0 Å². The predicted molar refractivity (Wildman–Crippen MR) is 129 cm³/mol. The first-order chi connectivity index (χ1) is 15.6. The summed E-state index contributed by atoms with van der Waals surface area (Å²) < 4.78 is 2.32. The van der Waals surface area contributed by atoms with Crippen LogP contribution in [0.25, 0.3) is 22.3 Å². The zero-order valence-electron chi connectivity index (χ0n) is 18.8. The van der Waals surface area contributed by atoms with E-state index in [4.69, 9.17) is 0 Å². The highest BCUT2D eigenvalue weighted by Gasteiger charge is 2.26. The summed E-state index contributed by atoms with van der Waals surface area (Å²) in [6.07, 6.45) is 12.8. The molecule has 0 bridgehead atoms. The zero-order valence-corrected chi connectivity index (χ0v) is 18.8. The fourth-order valence-electron chi connectivity index (χ4n) is 4.77. The summed E-state index contributed by atoms with van der Waals surface area (Å²) in [5.74, 6) is 1.64. The standard InChI is InChI=1S/C27H29N5/c1-18-8-6-13-22(14-18)24-15-23-26(32(24)17-20-9-4-3-5-10-20)27(31-25(16-28)30-23)29-19(2)21-11-7-12-21/h4,6,8-10,13-15,19,21H,3,5,7,11-12,17H2,1-2H3,(H,29,30,31)/t19-/m1/s1. The first-order valence-corrected chi connectivity index (χ1v) is 11.6. The Kier molecular flexibility index (Phi) is 5.53. The van der Waals surface area contributed by atoms with Crippen molar-refractivity contribution in [1.29, 1.82) is 5.26 Å². The number of fused-ring (bicyclic) bond motifs is 1. The maximum absolute atomic E-state index is 9.58. The molecular formula is C27H29N5. The maximum atomic E-state index is 9.58. The van der Waals surface area contributed by atoms with Crippen LogP contribution >= 0.6 is 0 Å². The molecule has 1 saturated carbocycles. The van der Waals surface area contributed by atoms with E-state index >= 15 is 0 Å². The summed E-state index contributed by atoms with van der Waals surface area (Å²) >= 11 is 0. The largest absolute Gasteiger partial charge is 0.365 e. The van der Waals surface area contributed by atoms with Gasteiger partial charge in [0.15, 0.2) is 5.82 Å². The summed E-state index contributed by atoms with van der Waals surface area (Å²) in [5.41, 5.74) is 6.57. The van der Waals surface area contributed by atoms with Crippen molar-refractivity contribution in [3.05, 3.63) is 65.5 Å². The number of nitriles is 1. The number of aromatic nitrogens is 3. The third-order valence-corrected chi connectivity index (χ3v) is 6.79. The minimum Gasteiger partial charge on any atom is -0.365 e. The van der Waals surface area contributed by atoms with Gasteiger partial charge in [-0.05, 0) is 68.7 Å². The molecule has 2 aliphatic carbocycles. The molecule has 2 aromatic heterocycles. The van der Waals surface area contributed by atoms with Gasteiger partial charge >= 0.3 is 0 Å². The van der Waals surface area contributed by atoms with E-state index in [0.717, 1.165) is 47.5 Å². The zero-order chi connectivity index (χ0) is 22.1. The number of anilines is 1. The summed E-state index contributed by atoms with van der Waals surface area (Å²) in [6, 6.07) is 13.1. The quantitative estimate of drug-likeness (QED) is 0.516. The van der Waals surface area contributed by atoms with Gasteiger partial charge in [0.05, 0.1) is 11.2 Å². The normalized spacial score (nSPS) is 17.0. The second-order valence-electron chi connectivity index (χ2n) is 9.11. The van der Waals surface area contributed by atoms with Crippen molar-refractivity contribution in [3.63, 3.8) is 0 Å². The van der Waals surface area contributed by atoms with Crippen molar-refractivity contribution in [2.24, 2.45) is 5.92 Å². The van der Waals surface area contributed by atoms with Crippen molar-refractivity contribution in [2.75, 3.05) is 5.32 Å². The van der Waals surface area contributed by atoms with Crippen molar-refractivity contribution in [2.45, 2.75) is 58.5 Å². The SMILES string of the molecule is Cc1cccc(-c2cc3nc(C#N)nc(N[C@H](C)C4CCC4)c3n2CC2=CCCC=C2)c1. The first kappa shape index (κ1) is 20.5. The maximum Gasteiger partial charge on any atom is 0.234 e. The Balaban J connectivity index is 1.69. The van der Waals surface area contributed by atoms with Gasteiger partial charge in [-0.2, -0.15) is 10.2 Å². The highest BCUT2D eigenvalue weighted by molar-refractivity contribution is 5.92. The van der Waals surface area contributed by atoms with Gasteiger partial charge in [-0.15, -0.1) is 0 Å². The van der Waals surface area contributed by atoms with Crippen LogP contribution in [0.1, 0.15) is 50.4 Å². The van der Waals surface area contributed by atoms with Gasteiger partial charge in [-0.25, -0.2) is 4.98 Å². The van der Waals surface area contributed by atoms with Crippen molar-refractivity contribution in [3.8, 4) is 17.3 Å². The predicted octanol–water partition coefficient (Wildman–Crippen LogP) is 6.16. The molecule has 5 heteroatoms. The van der Waals surface area contributed by atoms with Gasteiger partial charge in [-0.3, -0.25) is 0 Å². The highest BCUT2D eigenvalue weighted by Crippen LogP contribution is 2.35. The summed E-state index contributed by atoms with van der Waals surface area (Å²) in [6.45, 7) is 5.10. The van der Waals surface area contributed by atoms with Crippen LogP contribution in [-0.2, 0) is 6.54 Å². The van der Waals surface area contributed by atoms with Crippen LogP contribution in [0.4, 0.5) is 5.82 Å². The molecule has 1 N–H and O–H groups in total. The van der Waals surface area contributed by atoms with Gasteiger partial charge in [-0.1, -0.05) is 48.4 Å². The Morgan fingerprint density at radius 2 is 2.09 bits per heavy atom. The minimum atomic E-state index is 0.213. The van der Waals surface area contributed by atoms with Crippen molar-refractivity contribution >= 4 is 16.9 Å². The summed E-state index contributed by atoms with van der Waals surface area (Å²) in [5, 5.41) is 13.2. The number of benzene rings is 1. The molecule has 1 atom stereocenters. The Hall–Kier alpha value is -3.39. The Labute approximate surface area is 189 Å². The monoisotopic (exact) mass is 423 g/mol. The smallest absolute Gasteiger partial charge is 0.234 e. The number of aryl methyl sites for hydroxylation is 1. The highest BCUT2D eigenvalue weighted by atomic mass is 15.1. The second-order valence-corrected chi connectivity index (χ2v) is 9.11. The van der Waals surface area contributed by atoms with Gasteiger partial charge in [0.25, 0.3) is 0 Å². The lowest BCUT2D eigenvalue weighted by molar-refractivity contribution is 0.285. The fourth-order valence-corrected chi connectivity index (χ4v) is 4.77. The molecule has 32 heavy (non-hydrogen) atoms. The van der Waals surface area contributed by atoms with Crippen LogP contribution in [-0.4, -0.2) is 20.6 Å². The lowest BCUT2D eigenvalue weighted by atomic mass is 9.80. The molecule has 0 saturated heterocycles. The van der Waals surface area contributed by atoms with Crippen LogP contribution in [0, 0.1) is 24.2 Å². The molecule has 5 nitrogen and oxygen atoms in total. The topological polar surface area (TPSA) is 66.5 Å². The molecular weight excluding hydrogens is 394 g/mol. The van der Waals surface area contributed by atoms with E-state index in [0.29, 0.717) is 12.0 Å². The molecule has 1 fully saturated rings. The van der Waals surface area contributed by atoms with Crippen LogP contribution in [0.15, 0.2) is 54.1 Å². The van der Waals surface area contributed by atoms with Crippen LogP contribution in [0.3, 0.4) is 0 Å². The van der Waals surface area contributed by atoms with E-state index in [1.54, 1.807) is 0 Å². The molecule has 0 spiro atoms. The molecule has 0 amide bonds. The van der Waals surface area contributed by atoms with Gasteiger partial charge in [0.2, 0.25) is 5.82 Å². The molecule has 162 valence electrons. The number of hydrogen-bond donors (Lipinski definition) is 1. The van der Waals surface area contributed by atoms with E-state index in [1.807, 2.05) is 0 Å². The fraction of sp³-hybridized carbons (Fsp3) is 0.370. The van der Waals surface area contributed by atoms with E-state index in [-0.39, 0.29) is 5.82 Å². The summed E-state index contributed by atoms with van der Waals surface area (Å²) in [7, 11) is 0. The number of allylic oxidation sites excluding steroid dienone is 4. The van der Waals surface area contributed by atoms with Crippen LogP contribution < -0.4 is 5.32 Å². The van der Waals surface area contributed by atoms with E-state index in [9.17, 15) is 5.26 Å². The molecule has 3 aromatic rings. The van der Waals surface area contributed by atoms with Crippen LogP contribution in [0.2, 0.25) is 0 Å². The molecule has 1 aromatic carbocycles. The van der Waals surface area contributed by atoms with Crippen LogP contribution in [0.5, 0.6) is 0 Å². The molecule has 0 aliphatic heterocycles. The molecule has 0 radical (unpaired) electrons. The lowest BCUT2D eigenvalue weighted by Crippen LogP contribution is -2.31. The van der Waals surface area contributed by atoms with Gasteiger partial charge < -0.3 is 9.88 Å². The Bertz CT molecular complexity index is 1250. The number of rotatable bonds is 6. The minimum absolute atomic E-state index is 0.213. The number of hydrogen-bond acceptors (Lipinski definition) is 4. The molecule has 0 unspecified atom stereocenters. The van der Waals surface area contributed by atoms with Gasteiger partial charge in [0.1, 0.15) is 11.6 Å². The lowest BCUT2D eigenvalue weighted by Gasteiger charge is -2.32. The van der Waals surface area contributed by atoms with Crippen molar-refractivity contribution < 1.29 is 0 Å². The molecule has 2 heterocycles. The van der Waals surface area contributed by atoms with Gasteiger partial charge in [0, 0.05) is 12.6 Å². The van der Waals surface area contributed by atoms with E-state index in [2.05, 4.69) is 88.3 Å². The third-order valence-electron chi connectivity index (χ3n) is 6.79. The summed E-state index contributed by atoms with van der Waals surface area (Å²) in [4.78, 5) is 9.23. The Morgan fingerprint density at radius 3 is 2.78 bits per heavy atom. The Morgan fingerprint density at radius 1 is 1.22 bits per heavy atom. The average Bonchev–Trinajstić information content (AvgIpc) is 3.11. The second kappa shape index (κ2) is 8.63. The van der Waals surface area contributed by atoms with Crippen molar-refractivity contribution in [1.82, 2.24) is 14.5 Å². The molecule has 5 rings (SSSR count). The third kappa shape index (κ3) is 3.93. The number of nitrogens with one attached hydrogen (secondary N) is 1. The van der Waals surface area contributed by atoms with E-state index in [1.165, 1.54) is 30.4 Å². The average molecular weight is 424 g/mol. The number of nitrogens with zero attached hydrogens (tertiary/aromatic N) is 4. The first-order valence-electron chi connectivity index (χ1n) is 11.6.